The summed E-state index contributed by atoms with van der Waals surface area (Å²) in [5.41, 5.74) is 0. The molecule has 0 saturated carbocycles. The fourth-order valence-electron chi connectivity index (χ4n) is 5.09. The molecule has 1 heterocycles. The van der Waals surface area contributed by atoms with Crippen molar-refractivity contribution in [2.45, 2.75) is 172 Å². The molecule has 1 saturated heterocycles. The normalized spacial score (nSPS) is 24.5. The second-order valence-electron chi connectivity index (χ2n) is 11.6. The van der Waals surface area contributed by atoms with Crippen LogP contribution in [0.3, 0.4) is 0 Å². The zero-order chi connectivity index (χ0) is 30.3. The lowest BCUT2D eigenvalue weighted by Crippen LogP contribution is -2.60. The average molecular weight is 588 g/mol. The first-order valence-corrected chi connectivity index (χ1v) is 16.4. The molecule has 1 fully saturated rings. The number of carbonyl (C=O) groups excluding carboxylic acids is 1. The average Bonchev–Trinajstić information content (AvgIpc) is 2.97. The van der Waals surface area contributed by atoms with Gasteiger partial charge in [-0.1, -0.05) is 116 Å². The van der Waals surface area contributed by atoms with Gasteiger partial charge in [-0.2, -0.15) is 0 Å². The number of unbranched alkanes of at least 4 members (excludes halogenated alkanes) is 15. The number of nitrogens with one attached hydrogen (secondary N) is 1. The van der Waals surface area contributed by atoms with Crippen molar-refractivity contribution in [2.75, 3.05) is 13.2 Å². The van der Waals surface area contributed by atoms with Gasteiger partial charge in [-0.05, 0) is 19.3 Å². The molecule has 0 aromatic heterocycles. The number of rotatable bonds is 25. The van der Waals surface area contributed by atoms with E-state index in [1.165, 1.54) is 57.8 Å². The van der Waals surface area contributed by atoms with Gasteiger partial charge >= 0.3 is 0 Å². The molecule has 0 radical (unpaired) electrons. The standard InChI is InChI=1S/C32H61NO8/c1-3-5-7-9-10-11-12-13-14-15-16-18-19-21-26(35)25(33-28(36)22-20-17-8-6-4-2)24-40-32-31(39)30(38)29(37)27(23-34)41-32/h19,21,25-27,29-32,34-35,37-39H,3-18,20,22-24H2,1-2H3,(H,33,36)/b21-19+/t25-,26+,27+,29+,30?,31?,32+/m0/s1. The van der Waals surface area contributed by atoms with Crippen molar-refractivity contribution in [1.82, 2.24) is 5.32 Å². The molecule has 1 aliphatic rings. The Kier molecular flexibility index (Phi) is 22.6. The van der Waals surface area contributed by atoms with E-state index in [-0.39, 0.29) is 12.5 Å². The number of ether oxygens (including phenoxy) is 2. The maximum Gasteiger partial charge on any atom is 0.220 e. The third-order valence-electron chi connectivity index (χ3n) is 7.86. The summed E-state index contributed by atoms with van der Waals surface area (Å²) in [6.07, 6.45) is 15.8. The predicted octanol–water partition coefficient (Wildman–Crippen LogP) is 4.27. The largest absolute Gasteiger partial charge is 0.394 e. The van der Waals surface area contributed by atoms with E-state index in [1.807, 2.05) is 6.08 Å². The third-order valence-corrected chi connectivity index (χ3v) is 7.86. The van der Waals surface area contributed by atoms with E-state index in [4.69, 9.17) is 9.47 Å². The molecule has 9 heteroatoms. The molecule has 0 aromatic carbocycles. The molecule has 1 rings (SSSR count). The summed E-state index contributed by atoms with van der Waals surface area (Å²) in [4.78, 5) is 12.6. The lowest BCUT2D eigenvalue weighted by molar-refractivity contribution is -0.302. The van der Waals surface area contributed by atoms with Crippen LogP contribution in [-0.4, -0.2) is 87.5 Å². The van der Waals surface area contributed by atoms with Gasteiger partial charge < -0.3 is 40.3 Å². The van der Waals surface area contributed by atoms with Crippen LogP contribution in [0, 0.1) is 0 Å². The summed E-state index contributed by atoms with van der Waals surface area (Å²) in [5, 5.41) is 53.4. The number of allylic oxidation sites excluding steroid dienone is 1. The highest BCUT2D eigenvalue weighted by Gasteiger charge is 2.44. The van der Waals surface area contributed by atoms with Crippen molar-refractivity contribution in [2.24, 2.45) is 0 Å². The highest BCUT2D eigenvalue weighted by Crippen LogP contribution is 2.22. The lowest BCUT2D eigenvalue weighted by atomic mass is 9.99. The minimum atomic E-state index is -1.56. The lowest BCUT2D eigenvalue weighted by Gasteiger charge is -2.40. The number of aliphatic hydroxyl groups excluding tert-OH is 5. The maximum absolute atomic E-state index is 12.6. The first kappa shape index (κ1) is 38.0. The summed E-state index contributed by atoms with van der Waals surface area (Å²) >= 11 is 0. The third kappa shape index (κ3) is 17.0. The minimum absolute atomic E-state index is 0.186. The number of carbonyl (C=O) groups is 1. The van der Waals surface area contributed by atoms with Crippen molar-refractivity contribution in [1.29, 1.82) is 0 Å². The number of amides is 1. The minimum Gasteiger partial charge on any atom is -0.394 e. The quantitative estimate of drug-likeness (QED) is 0.0685. The van der Waals surface area contributed by atoms with Crippen LogP contribution in [0.2, 0.25) is 0 Å². The molecular weight excluding hydrogens is 526 g/mol. The van der Waals surface area contributed by atoms with E-state index < -0.39 is 49.5 Å². The van der Waals surface area contributed by atoms with E-state index in [1.54, 1.807) is 6.08 Å². The second-order valence-corrected chi connectivity index (χ2v) is 11.6. The van der Waals surface area contributed by atoms with E-state index in [0.29, 0.717) is 6.42 Å². The summed E-state index contributed by atoms with van der Waals surface area (Å²) < 4.78 is 11.0. The Morgan fingerprint density at radius 3 is 1.90 bits per heavy atom. The Bertz CT molecular complexity index is 662. The van der Waals surface area contributed by atoms with Gasteiger partial charge in [0.05, 0.1) is 25.4 Å². The Morgan fingerprint density at radius 2 is 1.34 bits per heavy atom. The molecule has 0 aromatic rings. The predicted molar refractivity (Wildman–Crippen MR) is 161 cm³/mol. The zero-order valence-electron chi connectivity index (χ0n) is 25.8. The molecule has 2 unspecified atom stereocenters. The fourth-order valence-corrected chi connectivity index (χ4v) is 5.09. The van der Waals surface area contributed by atoms with Crippen molar-refractivity contribution in [3.05, 3.63) is 12.2 Å². The Morgan fingerprint density at radius 1 is 0.805 bits per heavy atom. The molecule has 1 aliphatic heterocycles. The van der Waals surface area contributed by atoms with Crippen molar-refractivity contribution in [3.63, 3.8) is 0 Å². The second kappa shape index (κ2) is 24.4. The first-order valence-electron chi connectivity index (χ1n) is 16.4. The highest BCUT2D eigenvalue weighted by atomic mass is 16.7. The van der Waals surface area contributed by atoms with Crippen LogP contribution in [0.25, 0.3) is 0 Å². The first-order chi connectivity index (χ1) is 19.8. The molecule has 6 N–H and O–H groups in total. The van der Waals surface area contributed by atoms with Crippen LogP contribution in [0.5, 0.6) is 0 Å². The molecule has 0 spiro atoms. The van der Waals surface area contributed by atoms with Crippen LogP contribution in [0.4, 0.5) is 0 Å². The van der Waals surface area contributed by atoms with Crippen molar-refractivity contribution >= 4 is 5.91 Å². The van der Waals surface area contributed by atoms with Gasteiger partial charge in [-0.3, -0.25) is 4.79 Å². The van der Waals surface area contributed by atoms with Crippen LogP contribution in [0.1, 0.15) is 129 Å². The molecule has 242 valence electrons. The van der Waals surface area contributed by atoms with E-state index in [0.717, 1.165) is 51.4 Å². The monoisotopic (exact) mass is 587 g/mol. The van der Waals surface area contributed by atoms with Crippen LogP contribution < -0.4 is 5.32 Å². The van der Waals surface area contributed by atoms with Gasteiger partial charge in [-0.25, -0.2) is 0 Å². The van der Waals surface area contributed by atoms with Gasteiger partial charge in [0, 0.05) is 6.42 Å². The van der Waals surface area contributed by atoms with Crippen molar-refractivity contribution < 1.29 is 39.8 Å². The van der Waals surface area contributed by atoms with Gasteiger partial charge in [-0.15, -0.1) is 0 Å². The topological polar surface area (TPSA) is 149 Å². The molecular formula is C32H61NO8. The zero-order valence-corrected chi connectivity index (χ0v) is 25.8. The summed E-state index contributed by atoms with van der Waals surface area (Å²) in [5.74, 6) is -0.193. The summed E-state index contributed by atoms with van der Waals surface area (Å²) in [6.45, 7) is 3.63. The molecule has 0 aliphatic carbocycles. The Hall–Kier alpha value is -1.07. The van der Waals surface area contributed by atoms with Crippen LogP contribution >= 0.6 is 0 Å². The van der Waals surface area contributed by atoms with Gasteiger partial charge in [0.2, 0.25) is 5.91 Å². The number of hydrogen-bond acceptors (Lipinski definition) is 8. The fraction of sp³-hybridized carbons (Fsp3) is 0.906. The van der Waals surface area contributed by atoms with Crippen LogP contribution in [-0.2, 0) is 14.3 Å². The molecule has 0 bridgehead atoms. The Labute approximate surface area is 248 Å². The molecule has 9 nitrogen and oxygen atoms in total. The van der Waals surface area contributed by atoms with E-state index in [9.17, 15) is 30.3 Å². The van der Waals surface area contributed by atoms with E-state index in [2.05, 4.69) is 19.2 Å². The Balaban J connectivity index is 2.50. The molecule has 41 heavy (non-hydrogen) atoms. The smallest absolute Gasteiger partial charge is 0.220 e. The SMILES string of the molecule is CCCCCCCCCCCCC/C=C/[C@@H](O)[C@H](CO[C@@H]1O[C@H](CO)[C@@H](O)C(O)C1O)NC(=O)CCCCCCC. The highest BCUT2D eigenvalue weighted by molar-refractivity contribution is 5.76. The van der Waals surface area contributed by atoms with E-state index >= 15 is 0 Å². The summed E-state index contributed by atoms with van der Waals surface area (Å²) in [7, 11) is 0. The molecule has 1 amide bonds. The van der Waals surface area contributed by atoms with Gasteiger partial charge in [0.15, 0.2) is 6.29 Å². The molecule has 7 atom stereocenters. The van der Waals surface area contributed by atoms with Crippen LogP contribution in [0.15, 0.2) is 12.2 Å². The maximum atomic E-state index is 12.6. The van der Waals surface area contributed by atoms with Gasteiger partial charge in [0.1, 0.15) is 24.4 Å². The van der Waals surface area contributed by atoms with Crippen molar-refractivity contribution in [3.8, 4) is 0 Å². The number of hydrogen-bond donors (Lipinski definition) is 6. The number of aliphatic hydroxyl groups is 5. The summed E-state index contributed by atoms with van der Waals surface area (Å²) in [6, 6.07) is -0.793. The van der Waals surface area contributed by atoms with Gasteiger partial charge in [0.25, 0.3) is 0 Å².